The maximum Gasteiger partial charge on any atom is 0.238 e. The Morgan fingerprint density at radius 1 is 1.45 bits per heavy atom. The van der Waals surface area contributed by atoms with Gasteiger partial charge in [0.05, 0.1) is 32.5 Å². The largest absolute Gasteiger partial charge is 0.376 e. The van der Waals surface area contributed by atoms with Crippen molar-refractivity contribution in [1.82, 2.24) is 5.32 Å². The Kier molecular flexibility index (Phi) is 5.79. The lowest BCUT2D eigenvalue weighted by atomic mass is 10.2. The summed E-state index contributed by atoms with van der Waals surface area (Å²) in [6.45, 7) is 4.58. The van der Waals surface area contributed by atoms with E-state index >= 15 is 0 Å². The second-order valence-electron chi connectivity index (χ2n) is 4.71. The Balaban J connectivity index is 1.73. The highest BCUT2D eigenvalue weighted by Crippen LogP contribution is 2.19. The van der Waals surface area contributed by atoms with Crippen LogP contribution in [0.3, 0.4) is 0 Å². The third-order valence-corrected chi connectivity index (χ3v) is 3.25. The van der Waals surface area contributed by atoms with E-state index in [4.69, 9.17) is 21.1 Å². The van der Waals surface area contributed by atoms with Crippen LogP contribution in [0.25, 0.3) is 0 Å². The van der Waals surface area contributed by atoms with Crippen molar-refractivity contribution in [1.29, 1.82) is 0 Å². The van der Waals surface area contributed by atoms with Crippen molar-refractivity contribution in [2.75, 3.05) is 38.2 Å². The van der Waals surface area contributed by atoms with Crippen LogP contribution in [0.1, 0.15) is 5.56 Å². The van der Waals surface area contributed by atoms with Crippen molar-refractivity contribution in [3.05, 3.63) is 28.8 Å². The van der Waals surface area contributed by atoms with Gasteiger partial charge in [0.15, 0.2) is 0 Å². The number of carbonyl (C=O) groups excluding carboxylic acids is 1. The van der Waals surface area contributed by atoms with Gasteiger partial charge in [-0.1, -0.05) is 17.7 Å². The first-order valence-electron chi connectivity index (χ1n) is 6.61. The smallest absolute Gasteiger partial charge is 0.238 e. The molecule has 1 saturated heterocycles. The number of ether oxygens (including phenoxy) is 2. The van der Waals surface area contributed by atoms with Crippen molar-refractivity contribution in [3.63, 3.8) is 0 Å². The summed E-state index contributed by atoms with van der Waals surface area (Å²) in [6.07, 6.45) is 0.0180. The Morgan fingerprint density at radius 2 is 2.30 bits per heavy atom. The summed E-state index contributed by atoms with van der Waals surface area (Å²) in [5, 5.41) is 6.49. The molecule has 5 nitrogen and oxygen atoms in total. The zero-order valence-corrected chi connectivity index (χ0v) is 12.2. The molecular formula is C14H19ClN2O3. The standard InChI is InChI=1S/C14H19ClN2O3/c1-10-2-3-11(15)6-13(10)17-14(18)8-16-7-12-9-19-4-5-20-12/h2-3,6,12,16H,4-5,7-9H2,1H3,(H,17,18). The maximum atomic E-state index is 11.8. The summed E-state index contributed by atoms with van der Waals surface area (Å²) < 4.78 is 10.8. The minimum atomic E-state index is -0.105. The number of amides is 1. The van der Waals surface area contributed by atoms with Gasteiger partial charge in [0, 0.05) is 17.3 Å². The van der Waals surface area contributed by atoms with Crippen LogP contribution < -0.4 is 10.6 Å². The second kappa shape index (κ2) is 7.59. The Bertz CT molecular complexity index is 462. The first kappa shape index (κ1) is 15.3. The molecule has 1 heterocycles. The number of hydrogen-bond donors (Lipinski definition) is 2. The molecule has 0 aromatic heterocycles. The lowest BCUT2D eigenvalue weighted by Crippen LogP contribution is -2.40. The van der Waals surface area contributed by atoms with Gasteiger partial charge < -0.3 is 20.1 Å². The molecule has 0 aliphatic carbocycles. The van der Waals surface area contributed by atoms with E-state index in [1.165, 1.54) is 0 Å². The summed E-state index contributed by atoms with van der Waals surface area (Å²) >= 11 is 5.91. The van der Waals surface area contributed by atoms with Gasteiger partial charge in [-0.05, 0) is 24.6 Å². The van der Waals surface area contributed by atoms with Crippen molar-refractivity contribution < 1.29 is 14.3 Å². The fourth-order valence-electron chi connectivity index (χ4n) is 1.92. The van der Waals surface area contributed by atoms with E-state index in [1.54, 1.807) is 12.1 Å². The number of rotatable bonds is 5. The predicted octanol–water partition coefficient (Wildman–Crippen LogP) is 1.59. The molecule has 0 spiro atoms. The summed E-state index contributed by atoms with van der Waals surface area (Å²) in [4.78, 5) is 11.8. The number of nitrogens with one attached hydrogen (secondary N) is 2. The average molecular weight is 299 g/mol. The van der Waals surface area contributed by atoms with Gasteiger partial charge in [-0.3, -0.25) is 4.79 Å². The highest BCUT2D eigenvalue weighted by Gasteiger charge is 2.14. The molecule has 1 atom stereocenters. The Labute approximate surface area is 123 Å². The van der Waals surface area contributed by atoms with Crippen molar-refractivity contribution >= 4 is 23.2 Å². The van der Waals surface area contributed by atoms with E-state index in [9.17, 15) is 4.79 Å². The van der Waals surface area contributed by atoms with Gasteiger partial charge in [0.2, 0.25) is 5.91 Å². The monoisotopic (exact) mass is 298 g/mol. The van der Waals surface area contributed by atoms with Gasteiger partial charge in [0.25, 0.3) is 0 Å². The van der Waals surface area contributed by atoms with E-state index in [0.717, 1.165) is 11.3 Å². The molecular weight excluding hydrogens is 280 g/mol. The molecule has 1 fully saturated rings. The van der Waals surface area contributed by atoms with Crippen LogP contribution >= 0.6 is 11.6 Å². The number of benzene rings is 1. The normalized spacial score (nSPS) is 18.8. The fourth-order valence-corrected chi connectivity index (χ4v) is 2.10. The fraction of sp³-hybridized carbons (Fsp3) is 0.500. The molecule has 1 aliphatic heterocycles. The zero-order chi connectivity index (χ0) is 14.4. The first-order chi connectivity index (χ1) is 9.65. The molecule has 110 valence electrons. The first-order valence-corrected chi connectivity index (χ1v) is 6.99. The van der Waals surface area contributed by atoms with Gasteiger partial charge in [-0.25, -0.2) is 0 Å². The zero-order valence-electron chi connectivity index (χ0n) is 11.4. The van der Waals surface area contributed by atoms with Crippen molar-refractivity contribution in [2.45, 2.75) is 13.0 Å². The molecule has 6 heteroatoms. The van der Waals surface area contributed by atoms with E-state index in [0.29, 0.717) is 31.4 Å². The SMILES string of the molecule is Cc1ccc(Cl)cc1NC(=O)CNCC1COCCO1. The van der Waals surface area contributed by atoms with Crippen LogP contribution in [0, 0.1) is 6.92 Å². The summed E-state index contributed by atoms with van der Waals surface area (Å²) in [6, 6.07) is 5.41. The highest BCUT2D eigenvalue weighted by atomic mass is 35.5. The van der Waals surface area contributed by atoms with Gasteiger partial charge in [-0.15, -0.1) is 0 Å². The van der Waals surface area contributed by atoms with Crippen LogP contribution in [-0.4, -0.2) is 44.9 Å². The molecule has 1 unspecified atom stereocenters. The second-order valence-corrected chi connectivity index (χ2v) is 5.14. The predicted molar refractivity (Wildman–Crippen MR) is 78.2 cm³/mol. The molecule has 1 aromatic carbocycles. The minimum absolute atomic E-state index is 0.0180. The third kappa shape index (κ3) is 4.76. The lowest BCUT2D eigenvalue weighted by Gasteiger charge is -2.23. The molecule has 0 bridgehead atoms. The quantitative estimate of drug-likeness (QED) is 0.867. The summed E-state index contributed by atoms with van der Waals surface area (Å²) in [5.74, 6) is -0.105. The van der Waals surface area contributed by atoms with Crippen molar-refractivity contribution in [2.24, 2.45) is 0 Å². The average Bonchev–Trinajstić information content (AvgIpc) is 2.44. The molecule has 1 aliphatic rings. The van der Waals surface area contributed by atoms with Crippen LogP contribution in [0.4, 0.5) is 5.69 Å². The molecule has 2 N–H and O–H groups in total. The topological polar surface area (TPSA) is 59.6 Å². The maximum absolute atomic E-state index is 11.8. The van der Waals surface area contributed by atoms with Crippen LogP contribution in [0.5, 0.6) is 0 Å². The van der Waals surface area contributed by atoms with Crippen LogP contribution in [0.15, 0.2) is 18.2 Å². The van der Waals surface area contributed by atoms with Gasteiger partial charge >= 0.3 is 0 Å². The molecule has 0 saturated carbocycles. The van der Waals surface area contributed by atoms with Gasteiger partial charge in [0.1, 0.15) is 0 Å². The molecule has 0 radical (unpaired) electrons. The van der Waals surface area contributed by atoms with Crippen LogP contribution in [-0.2, 0) is 14.3 Å². The molecule has 20 heavy (non-hydrogen) atoms. The number of anilines is 1. The Hall–Kier alpha value is -1.14. The number of halogens is 1. The molecule has 1 amide bonds. The van der Waals surface area contributed by atoms with Crippen molar-refractivity contribution in [3.8, 4) is 0 Å². The van der Waals surface area contributed by atoms with E-state index in [2.05, 4.69) is 10.6 Å². The van der Waals surface area contributed by atoms with Crippen LogP contribution in [0.2, 0.25) is 5.02 Å². The number of aryl methyl sites for hydroxylation is 1. The molecule has 2 rings (SSSR count). The summed E-state index contributed by atoms with van der Waals surface area (Å²) in [7, 11) is 0. The Morgan fingerprint density at radius 3 is 3.05 bits per heavy atom. The van der Waals surface area contributed by atoms with E-state index in [1.807, 2.05) is 13.0 Å². The minimum Gasteiger partial charge on any atom is -0.376 e. The number of hydrogen-bond acceptors (Lipinski definition) is 4. The number of carbonyl (C=O) groups is 1. The van der Waals surface area contributed by atoms with Gasteiger partial charge in [-0.2, -0.15) is 0 Å². The lowest BCUT2D eigenvalue weighted by molar-refractivity contribution is -0.116. The summed E-state index contributed by atoms with van der Waals surface area (Å²) in [5.41, 5.74) is 1.72. The van der Waals surface area contributed by atoms with E-state index in [-0.39, 0.29) is 18.6 Å². The highest BCUT2D eigenvalue weighted by molar-refractivity contribution is 6.31. The van der Waals surface area contributed by atoms with E-state index < -0.39 is 0 Å². The molecule has 1 aromatic rings. The third-order valence-electron chi connectivity index (χ3n) is 3.02.